The summed E-state index contributed by atoms with van der Waals surface area (Å²) in [6, 6.07) is 0. The first-order chi connectivity index (χ1) is 7.72. The van der Waals surface area contributed by atoms with Crippen LogP contribution in [0.25, 0.3) is 0 Å². The van der Waals surface area contributed by atoms with Crippen molar-refractivity contribution in [1.82, 2.24) is 9.97 Å². The van der Waals surface area contributed by atoms with Crippen molar-refractivity contribution < 1.29 is 0 Å². The Kier molecular flexibility index (Phi) is 4.12. The second-order valence-electron chi connectivity index (χ2n) is 3.72. The van der Waals surface area contributed by atoms with Crippen molar-refractivity contribution in [3.63, 3.8) is 0 Å². The summed E-state index contributed by atoms with van der Waals surface area (Å²) in [5.41, 5.74) is -0.0446. The Morgan fingerprint density at radius 3 is 3.31 bits per heavy atom. The molecule has 0 spiro atoms. The van der Waals surface area contributed by atoms with Crippen LogP contribution in [0, 0.1) is 3.57 Å². The summed E-state index contributed by atoms with van der Waals surface area (Å²) in [4.78, 5) is 20.6. The first-order valence-electron chi connectivity index (χ1n) is 5.32. The van der Waals surface area contributed by atoms with Crippen molar-refractivity contribution in [2.45, 2.75) is 18.6 Å². The molecule has 1 fully saturated rings. The largest absolute Gasteiger partial charge is 0.354 e. The van der Waals surface area contributed by atoms with Gasteiger partial charge in [-0.15, -0.1) is 0 Å². The van der Waals surface area contributed by atoms with Gasteiger partial charge < -0.3 is 9.88 Å². The zero-order valence-corrected chi connectivity index (χ0v) is 12.0. The van der Waals surface area contributed by atoms with Crippen molar-refractivity contribution >= 4 is 40.2 Å². The summed E-state index contributed by atoms with van der Waals surface area (Å²) >= 11 is 4.09. The van der Waals surface area contributed by atoms with E-state index in [9.17, 15) is 4.79 Å². The van der Waals surface area contributed by atoms with Crippen LogP contribution < -0.4 is 10.5 Å². The summed E-state index contributed by atoms with van der Waals surface area (Å²) < 4.78 is 0.696. The number of nitrogens with one attached hydrogen (secondary N) is 1. The van der Waals surface area contributed by atoms with Crippen molar-refractivity contribution in [2.75, 3.05) is 23.7 Å². The molecule has 1 aliphatic rings. The maximum Gasteiger partial charge on any atom is 0.266 e. The van der Waals surface area contributed by atoms with Crippen molar-refractivity contribution in [3.8, 4) is 0 Å². The first kappa shape index (κ1) is 12.2. The SMILES string of the molecule is CCC1CN(c2nc[nH]c(=O)c2I)CCS1. The van der Waals surface area contributed by atoms with Gasteiger partial charge in [-0.3, -0.25) is 4.79 Å². The lowest BCUT2D eigenvalue weighted by Crippen LogP contribution is -2.39. The lowest BCUT2D eigenvalue weighted by Gasteiger charge is -2.32. The van der Waals surface area contributed by atoms with Gasteiger partial charge in [0, 0.05) is 24.1 Å². The second-order valence-corrected chi connectivity index (χ2v) is 6.20. The number of aromatic amines is 1. The normalized spacial score (nSPS) is 21.1. The van der Waals surface area contributed by atoms with Gasteiger partial charge in [-0.25, -0.2) is 4.98 Å². The zero-order valence-electron chi connectivity index (χ0n) is 9.07. The molecule has 0 radical (unpaired) electrons. The fourth-order valence-electron chi connectivity index (χ4n) is 1.75. The maximum absolute atomic E-state index is 11.5. The lowest BCUT2D eigenvalue weighted by atomic mass is 10.3. The molecule has 0 aliphatic carbocycles. The Bertz CT molecular complexity index is 423. The summed E-state index contributed by atoms with van der Waals surface area (Å²) in [6.45, 7) is 4.18. The van der Waals surface area contributed by atoms with Crippen LogP contribution in [0.5, 0.6) is 0 Å². The van der Waals surface area contributed by atoms with E-state index in [1.54, 1.807) is 0 Å². The van der Waals surface area contributed by atoms with Gasteiger partial charge in [0.1, 0.15) is 9.39 Å². The second kappa shape index (κ2) is 5.39. The highest BCUT2D eigenvalue weighted by molar-refractivity contribution is 14.1. The highest BCUT2D eigenvalue weighted by atomic mass is 127. The Hall–Kier alpha value is -0.240. The number of anilines is 1. The van der Waals surface area contributed by atoms with Gasteiger partial charge in [0.2, 0.25) is 0 Å². The van der Waals surface area contributed by atoms with Gasteiger partial charge in [0.25, 0.3) is 5.56 Å². The van der Waals surface area contributed by atoms with E-state index in [-0.39, 0.29) is 5.56 Å². The number of thioether (sulfide) groups is 1. The van der Waals surface area contributed by atoms with Crippen LogP contribution in [0.3, 0.4) is 0 Å². The van der Waals surface area contributed by atoms with Gasteiger partial charge in [0.15, 0.2) is 0 Å². The minimum absolute atomic E-state index is 0.0446. The highest BCUT2D eigenvalue weighted by Crippen LogP contribution is 2.25. The van der Waals surface area contributed by atoms with Crippen molar-refractivity contribution in [1.29, 1.82) is 0 Å². The summed E-state index contributed by atoms with van der Waals surface area (Å²) in [7, 11) is 0. The Labute approximate surface area is 112 Å². The van der Waals surface area contributed by atoms with Gasteiger partial charge in [-0.2, -0.15) is 11.8 Å². The van der Waals surface area contributed by atoms with E-state index in [0.29, 0.717) is 8.82 Å². The molecule has 0 amide bonds. The highest BCUT2D eigenvalue weighted by Gasteiger charge is 2.22. The minimum Gasteiger partial charge on any atom is -0.354 e. The van der Waals surface area contributed by atoms with E-state index in [1.807, 2.05) is 11.8 Å². The van der Waals surface area contributed by atoms with Crippen LogP contribution in [-0.4, -0.2) is 34.1 Å². The quantitative estimate of drug-likeness (QED) is 0.825. The molecule has 2 rings (SSSR count). The molecule has 4 nitrogen and oxygen atoms in total. The number of halogens is 1. The topological polar surface area (TPSA) is 49.0 Å². The molecule has 88 valence electrons. The van der Waals surface area contributed by atoms with Crippen molar-refractivity contribution in [2.24, 2.45) is 0 Å². The van der Waals surface area contributed by atoms with E-state index < -0.39 is 0 Å². The standard InChI is InChI=1S/C10H14IN3OS/c1-2-7-5-14(3-4-16-7)9-8(11)10(15)13-6-12-9/h6-7H,2-5H2,1H3,(H,12,13,15). The Balaban J connectivity index is 2.23. The van der Waals surface area contributed by atoms with Gasteiger partial charge in [-0.05, 0) is 29.0 Å². The number of hydrogen-bond acceptors (Lipinski definition) is 4. The zero-order chi connectivity index (χ0) is 11.5. The van der Waals surface area contributed by atoms with Gasteiger partial charge in [-0.1, -0.05) is 6.92 Å². The fourth-order valence-corrected chi connectivity index (χ4v) is 3.57. The molecule has 6 heteroatoms. The molecular formula is C10H14IN3OS. The number of rotatable bonds is 2. The molecule has 1 saturated heterocycles. The monoisotopic (exact) mass is 351 g/mol. The molecular weight excluding hydrogens is 337 g/mol. The number of aromatic nitrogens is 2. The molecule has 1 aromatic heterocycles. The van der Waals surface area contributed by atoms with E-state index in [4.69, 9.17) is 0 Å². The van der Waals surface area contributed by atoms with Crippen LogP contribution in [0.15, 0.2) is 11.1 Å². The van der Waals surface area contributed by atoms with Gasteiger partial charge >= 0.3 is 0 Å². The molecule has 1 atom stereocenters. The Morgan fingerprint density at radius 2 is 2.56 bits per heavy atom. The molecule has 1 N–H and O–H groups in total. The van der Waals surface area contributed by atoms with Crippen LogP contribution in [-0.2, 0) is 0 Å². The average molecular weight is 351 g/mol. The number of hydrogen-bond donors (Lipinski definition) is 1. The third kappa shape index (κ3) is 2.53. The van der Waals surface area contributed by atoms with E-state index >= 15 is 0 Å². The predicted octanol–water partition coefficient (Wildman–Crippen LogP) is 1.71. The lowest BCUT2D eigenvalue weighted by molar-refractivity contribution is 0.716. The van der Waals surface area contributed by atoms with Crippen LogP contribution >= 0.6 is 34.4 Å². The predicted molar refractivity (Wildman–Crippen MR) is 76.3 cm³/mol. The smallest absolute Gasteiger partial charge is 0.266 e. The molecule has 1 aromatic rings. The summed E-state index contributed by atoms with van der Waals surface area (Å²) in [5, 5.41) is 0.658. The third-order valence-electron chi connectivity index (χ3n) is 2.67. The summed E-state index contributed by atoms with van der Waals surface area (Å²) in [5.74, 6) is 1.95. The first-order valence-corrected chi connectivity index (χ1v) is 7.45. The minimum atomic E-state index is -0.0446. The van der Waals surface area contributed by atoms with E-state index in [1.165, 1.54) is 12.7 Å². The molecule has 0 bridgehead atoms. The molecule has 0 aromatic carbocycles. The third-order valence-corrected chi connectivity index (χ3v) is 5.02. The van der Waals surface area contributed by atoms with E-state index in [0.717, 1.165) is 24.7 Å². The molecule has 1 unspecified atom stereocenters. The van der Waals surface area contributed by atoms with Crippen LogP contribution in [0.1, 0.15) is 13.3 Å². The fraction of sp³-hybridized carbons (Fsp3) is 0.600. The summed E-state index contributed by atoms with van der Waals surface area (Å²) in [6.07, 6.45) is 2.66. The molecule has 0 saturated carbocycles. The number of nitrogens with zero attached hydrogens (tertiary/aromatic N) is 2. The van der Waals surface area contributed by atoms with E-state index in [2.05, 4.69) is 44.4 Å². The molecule has 2 heterocycles. The maximum atomic E-state index is 11.5. The average Bonchev–Trinajstić information content (AvgIpc) is 2.33. The van der Waals surface area contributed by atoms with Crippen molar-refractivity contribution in [3.05, 3.63) is 20.3 Å². The van der Waals surface area contributed by atoms with Gasteiger partial charge in [0.05, 0.1) is 6.33 Å². The molecule has 16 heavy (non-hydrogen) atoms. The van der Waals surface area contributed by atoms with Crippen LogP contribution in [0.4, 0.5) is 5.82 Å². The van der Waals surface area contributed by atoms with Crippen LogP contribution in [0.2, 0.25) is 0 Å². The molecule has 1 aliphatic heterocycles. The number of H-pyrrole nitrogens is 1. The Morgan fingerprint density at radius 1 is 1.75 bits per heavy atom.